The van der Waals surface area contributed by atoms with E-state index in [0.717, 1.165) is 37.3 Å². The van der Waals surface area contributed by atoms with Crippen LogP contribution in [0.3, 0.4) is 0 Å². The Bertz CT molecular complexity index is 1010. The van der Waals surface area contributed by atoms with E-state index in [1.54, 1.807) is 18.5 Å². The van der Waals surface area contributed by atoms with Crippen molar-refractivity contribution in [2.45, 2.75) is 24.9 Å². The highest BCUT2D eigenvalue weighted by atomic mass is 32.2. The maximum Gasteiger partial charge on any atom is 0.270 e. The molecule has 0 aromatic carbocycles. The minimum absolute atomic E-state index is 0.0439. The highest BCUT2D eigenvalue weighted by molar-refractivity contribution is 7.99. The number of Topliss-reactive ketones (excluding diaryl/α,β-unsaturated/α-hetero) is 1. The molecule has 0 unspecified atom stereocenters. The van der Waals surface area contributed by atoms with Gasteiger partial charge in [0.25, 0.3) is 5.91 Å². The van der Waals surface area contributed by atoms with E-state index >= 15 is 0 Å². The van der Waals surface area contributed by atoms with E-state index in [0.29, 0.717) is 22.2 Å². The Labute approximate surface area is 166 Å². The maximum atomic E-state index is 12.5. The molecule has 1 fully saturated rings. The first-order valence-corrected chi connectivity index (χ1v) is 10.1. The summed E-state index contributed by atoms with van der Waals surface area (Å²) in [4.78, 5) is 29.7. The van der Waals surface area contributed by atoms with Crippen LogP contribution in [0, 0.1) is 6.92 Å². The normalized spacial score (nSPS) is 14.0. The van der Waals surface area contributed by atoms with Crippen LogP contribution < -0.4 is 0 Å². The third kappa shape index (κ3) is 3.49. The van der Waals surface area contributed by atoms with Gasteiger partial charge < -0.3 is 18.9 Å². The summed E-state index contributed by atoms with van der Waals surface area (Å²) in [5.41, 5.74) is 1.85. The number of likely N-dealkylation sites (tertiary alicyclic amines) is 1. The molecule has 1 aliphatic heterocycles. The Morgan fingerprint density at radius 3 is 2.79 bits per heavy atom. The van der Waals surface area contributed by atoms with Crippen molar-refractivity contribution in [2.24, 2.45) is 7.05 Å². The molecule has 8 nitrogen and oxygen atoms in total. The van der Waals surface area contributed by atoms with E-state index in [9.17, 15) is 9.59 Å². The van der Waals surface area contributed by atoms with E-state index in [1.165, 1.54) is 11.8 Å². The standard InChI is InChI=1S/C19H21N5O3S/c1-12-14(5-8-27-12)17-21-22-19(23(17)2)28-11-16(25)13-9-15(20-10-13)18(26)24-6-3-4-7-24/h5,8-10,20H,3-4,6-7,11H2,1-2H3. The van der Waals surface area contributed by atoms with Crippen LogP contribution in [-0.4, -0.2) is 55.2 Å². The zero-order chi connectivity index (χ0) is 19.7. The van der Waals surface area contributed by atoms with E-state index in [-0.39, 0.29) is 17.4 Å². The molecular formula is C19H21N5O3S. The summed E-state index contributed by atoms with van der Waals surface area (Å²) in [6, 6.07) is 3.48. The van der Waals surface area contributed by atoms with E-state index in [1.807, 2.05) is 29.5 Å². The van der Waals surface area contributed by atoms with Gasteiger partial charge in [0.1, 0.15) is 11.5 Å². The van der Waals surface area contributed by atoms with Crippen LogP contribution in [0.1, 0.15) is 39.4 Å². The molecule has 0 spiro atoms. The third-order valence-corrected chi connectivity index (χ3v) is 5.92. The van der Waals surface area contributed by atoms with Crippen LogP contribution in [0.5, 0.6) is 0 Å². The number of aromatic nitrogens is 4. The minimum Gasteiger partial charge on any atom is -0.469 e. The van der Waals surface area contributed by atoms with Crippen LogP contribution in [0.25, 0.3) is 11.4 Å². The predicted octanol–water partition coefficient (Wildman–Crippen LogP) is 2.92. The number of aromatic amines is 1. The number of ketones is 1. The van der Waals surface area contributed by atoms with Crippen LogP contribution in [0.2, 0.25) is 0 Å². The Kier molecular flexibility index (Phi) is 5.08. The van der Waals surface area contributed by atoms with Crippen molar-refractivity contribution in [2.75, 3.05) is 18.8 Å². The Morgan fingerprint density at radius 1 is 1.29 bits per heavy atom. The number of amides is 1. The molecule has 1 amide bonds. The molecule has 0 aliphatic carbocycles. The molecule has 4 rings (SSSR count). The maximum absolute atomic E-state index is 12.5. The molecule has 1 aliphatic rings. The van der Waals surface area contributed by atoms with Crippen molar-refractivity contribution in [1.29, 1.82) is 0 Å². The summed E-state index contributed by atoms with van der Waals surface area (Å²) in [6.07, 6.45) is 5.28. The monoisotopic (exact) mass is 399 g/mol. The second-order valence-corrected chi connectivity index (χ2v) is 7.71. The van der Waals surface area contributed by atoms with Gasteiger partial charge in [-0.05, 0) is 31.9 Å². The lowest BCUT2D eigenvalue weighted by Crippen LogP contribution is -2.27. The lowest BCUT2D eigenvalue weighted by Gasteiger charge is -2.13. The average Bonchev–Trinajstić information content (AvgIpc) is 3.47. The number of thioether (sulfide) groups is 1. The number of nitrogens with zero attached hydrogens (tertiary/aromatic N) is 4. The number of furan rings is 1. The summed E-state index contributed by atoms with van der Waals surface area (Å²) in [7, 11) is 1.86. The summed E-state index contributed by atoms with van der Waals surface area (Å²) in [5.74, 6) is 1.57. The molecule has 0 bridgehead atoms. The Hall–Kier alpha value is -2.81. The molecule has 3 aromatic rings. The lowest BCUT2D eigenvalue weighted by molar-refractivity contribution is 0.0787. The number of H-pyrrole nitrogens is 1. The van der Waals surface area contributed by atoms with Gasteiger partial charge in [-0.3, -0.25) is 9.59 Å². The molecule has 0 saturated carbocycles. The number of carbonyl (C=O) groups excluding carboxylic acids is 2. The summed E-state index contributed by atoms with van der Waals surface area (Å²) in [5, 5.41) is 9.03. The van der Waals surface area contributed by atoms with Gasteiger partial charge >= 0.3 is 0 Å². The molecule has 28 heavy (non-hydrogen) atoms. The first-order chi connectivity index (χ1) is 13.5. The van der Waals surface area contributed by atoms with Crippen LogP contribution in [0.15, 0.2) is 34.2 Å². The largest absolute Gasteiger partial charge is 0.469 e. The Morgan fingerprint density at radius 2 is 2.07 bits per heavy atom. The fourth-order valence-electron chi connectivity index (χ4n) is 3.27. The molecule has 1 N–H and O–H groups in total. The van der Waals surface area contributed by atoms with Crippen LogP contribution in [-0.2, 0) is 7.05 Å². The number of aryl methyl sites for hydroxylation is 1. The first kappa shape index (κ1) is 18.5. The number of hydrogen-bond acceptors (Lipinski definition) is 6. The summed E-state index contributed by atoms with van der Waals surface area (Å²) < 4.78 is 7.16. The van der Waals surface area contributed by atoms with Crippen molar-refractivity contribution in [3.8, 4) is 11.4 Å². The predicted molar refractivity (Wildman–Crippen MR) is 104 cm³/mol. The molecule has 146 valence electrons. The molecule has 0 atom stereocenters. The lowest BCUT2D eigenvalue weighted by atomic mass is 10.2. The zero-order valence-corrected chi connectivity index (χ0v) is 16.6. The van der Waals surface area contributed by atoms with Gasteiger partial charge in [0.05, 0.1) is 17.6 Å². The first-order valence-electron chi connectivity index (χ1n) is 9.12. The van der Waals surface area contributed by atoms with Gasteiger partial charge in [-0.25, -0.2) is 0 Å². The molecular weight excluding hydrogens is 378 g/mol. The minimum atomic E-state index is -0.0641. The smallest absolute Gasteiger partial charge is 0.270 e. The third-order valence-electron chi connectivity index (χ3n) is 4.90. The van der Waals surface area contributed by atoms with Crippen molar-refractivity contribution < 1.29 is 14.0 Å². The second-order valence-electron chi connectivity index (χ2n) is 6.77. The fourth-order valence-corrected chi connectivity index (χ4v) is 4.08. The van der Waals surface area contributed by atoms with Crippen molar-refractivity contribution in [1.82, 2.24) is 24.6 Å². The highest BCUT2D eigenvalue weighted by Gasteiger charge is 2.22. The van der Waals surface area contributed by atoms with Gasteiger partial charge in [0, 0.05) is 31.9 Å². The molecule has 9 heteroatoms. The Balaban J connectivity index is 1.41. The van der Waals surface area contributed by atoms with Gasteiger partial charge in [0.2, 0.25) is 0 Å². The van der Waals surface area contributed by atoms with E-state index in [2.05, 4.69) is 15.2 Å². The van der Waals surface area contributed by atoms with Crippen molar-refractivity contribution in [3.63, 3.8) is 0 Å². The molecule has 3 aromatic heterocycles. The number of nitrogens with one attached hydrogen (secondary N) is 1. The van der Waals surface area contributed by atoms with Gasteiger partial charge in [-0.1, -0.05) is 11.8 Å². The zero-order valence-electron chi connectivity index (χ0n) is 15.8. The van der Waals surface area contributed by atoms with Crippen molar-refractivity contribution >= 4 is 23.5 Å². The highest BCUT2D eigenvalue weighted by Crippen LogP contribution is 2.26. The average molecular weight is 399 g/mol. The van der Waals surface area contributed by atoms with Crippen LogP contribution in [0.4, 0.5) is 0 Å². The molecule has 0 radical (unpaired) electrons. The van der Waals surface area contributed by atoms with E-state index < -0.39 is 0 Å². The summed E-state index contributed by atoms with van der Waals surface area (Å²) >= 11 is 1.32. The fraction of sp³-hybridized carbons (Fsp3) is 0.368. The molecule has 4 heterocycles. The number of rotatable bonds is 6. The van der Waals surface area contributed by atoms with E-state index in [4.69, 9.17) is 4.42 Å². The second kappa shape index (κ2) is 7.67. The topological polar surface area (TPSA) is 97.0 Å². The van der Waals surface area contributed by atoms with Crippen molar-refractivity contribution in [3.05, 3.63) is 41.6 Å². The van der Waals surface area contributed by atoms with Gasteiger partial charge in [-0.2, -0.15) is 0 Å². The SMILES string of the molecule is Cc1occc1-c1nnc(SCC(=O)c2c[nH]c(C(=O)N3CCCC3)c2)n1C. The van der Waals surface area contributed by atoms with Crippen LogP contribution >= 0.6 is 11.8 Å². The van der Waals surface area contributed by atoms with Gasteiger partial charge in [-0.15, -0.1) is 10.2 Å². The van der Waals surface area contributed by atoms with Gasteiger partial charge in [0.15, 0.2) is 16.8 Å². The number of carbonyl (C=O) groups is 2. The quantitative estimate of drug-likeness (QED) is 0.506. The number of hydrogen-bond donors (Lipinski definition) is 1. The summed E-state index contributed by atoms with van der Waals surface area (Å²) in [6.45, 7) is 3.43. The molecule has 1 saturated heterocycles.